The number of carbonyl (C=O) groups is 2. The molecule has 2 heterocycles. The van der Waals surface area contributed by atoms with Gasteiger partial charge in [0.05, 0.1) is 12.6 Å². The summed E-state index contributed by atoms with van der Waals surface area (Å²) in [6.45, 7) is 5.91. The van der Waals surface area contributed by atoms with Gasteiger partial charge in [0.15, 0.2) is 0 Å². The van der Waals surface area contributed by atoms with Gasteiger partial charge in [0.25, 0.3) is 0 Å². The molecule has 1 aromatic carbocycles. The summed E-state index contributed by atoms with van der Waals surface area (Å²) in [5, 5.41) is 4.02. The van der Waals surface area contributed by atoms with Crippen molar-refractivity contribution in [3.05, 3.63) is 48.3 Å². The quantitative estimate of drug-likeness (QED) is 0.761. The van der Waals surface area contributed by atoms with Crippen LogP contribution in [0.15, 0.2) is 36.9 Å². The first-order chi connectivity index (χ1) is 13.4. The summed E-state index contributed by atoms with van der Waals surface area (Å²) in [5.41, 5.74) is 0.881. The number of nitrogens with zero attached hydrogens (tertiary/aromatic N) is 5. The molecule has 0 saturated carbocycles. The lowest BCUT2D eigenvalue weighted by Crippen LogP contribution is -2.47. The van der Waals surface area contributed by atoms with Crippen LogP contribution in [0.5, 0.6) is 0 Å². The van der Waals surface area contributed by atoms with Gasteiger partial charge in [-0.1, -0.05) is 26.0 Å². The summed E-state index contributed by atoms with van der Waals surface area (Å²) in [5.74, 6) is -0.0733. The van der Waals surface area contributed by atoms with Crippen LogP contribution in [-0.2, 0) is 22.7 Å². The molecule has 1 aliphatic rings. The maximum atomic E-state index is 13.2. The maximum absolute atomic E-state index is 13.2. The Labute approximate surface area is 164 Å². The molecular weight excluding hydrogens is 361 g/mol. The van der Waals surface area contributed by atoms with Crippen molar-refractivity contribution in [2.24, 2.45) is 5.92 Å². The Kier molecular flexibility index (Phi) is 6.38. The number of hydrogen-bond donors (Lipinski definition) is 0. The van der Waals surface area contributed by atoms with E-state index in [0.717, 1.165) is 5.56 Å². The van der Waals surface area contributed by atoms with Crippen molar-refractivity contribution in [1.29, 1.82) is 0 Å². The Morgan fingerprint density at radius 1 is 1.29 bits per heavy atom. The van der Waals surface area contributed by atoms with Crippen molar-refractivity contribution in [2.75, 3.05) is 13.1 Å². The largest absolute Gasteiger partial charge is 0.340 e. The molecule has 3 rings (SSSR count). The highest BCUT2D eigenvalue weighted by atomic mass is 19.1. The predicted octanol–water partition coefficient (Wildman–Crippen LogP) is 2.09. The number of aryl methyl sites for hydroxylation is 1. The summed E-state index contributed by atoms with van der Waals surface area (Å²) in [6, 6.07) is 6.12. The van der Waals surface area contributed by atoms with E-state index in [1.807, 2.05) is 4.90 Å². The van der Waals surface area contributed by atoms with Gasteiger partial charge in [0.1, 0.15) is 18.5 Å². The third kappa shape index (κ3) is 4.94. The van der Waals surface area contributed by atoms with Crippen LogP contribution in [0, 0.1) is 11.7 Å². The Balaban J connectivity index is 1.70. The van der Waals surface area contributed by atoms with Crippen molar-refractivity contribution in [3.63, 3.8) is 0 Å². The first-order valence-electron chi connectivity index (χ1n) is 9.58. The SMILES string of the molecule is CC(C)C1CN(C(=O)CCn2cncn2)CCC(=O)N1Cc1ccc(F)cc1. The Morgan fingerprint density at radius 2 is 2.04 bits per heavy atom. The topological polar surface area (TPSA) is 71.3 Å². The van der Waals surface area contributed by atoms with Crippen molar-refractivity contribution in [2.45, 2.75) is 45.8 Å². The van der Waals surface area contributed by atoms with E-state index in [1.54, 1.807) is 28.0 Å². The lowest BCUT2D eigenvalue weighted by atomic mass is 10.0. The van der Waals surface area contributed by atoms with Crippen LogP contribution < -0.4 is 0 Å². The minimum atomic E-state index is -0.296. The fourth-order valence-corrected chi connectivity index (χ4v) is 3.48. The number of halogens is 1. The standard InChI is InChI=1S/C20H26FN5O2/c1-15(2)18-12-24(19(27)8-10-25-14-22-13-23-25)9-7-20(28)26(18)11-16-3-5-17(21)6-4-16/h3-6,13-15,18H,7-12H2,1-2H3. The van der Waals surface area contributed by atoms with E-state index >= 15 is 0 Å². The van der Waals surface area contributed by atoms with Crippen LogP contribution >= 0.6 is 0 Å². The number of aromatic nitrogens is 3. The minimum Gasteiger partial charge on any atom is -0.340 e. The summed E-state index contributed by atoms with van der Waals surface area (Å²) >= 11 is 0. The Morgan fingerprint density at radius 3 is 2.68 bits per heavy atom. The molecule has 28 heavy (non-hydrogen) atoms. The molecule has 0 N–H and O–H groups in total. The van der Waals surface area contributed by atoms with E-state index in [1.165, 1.54) is 18.5 Å². The summed E-state index contributed by atoms with van der Waals surface area (Å²) < 4.78 is 14.8. The number of amides is 2. The second-order valence-electron chi connectivity index (χ2n) is 7.46. The molecule has 1 atom stereocenters. The van der Waals surface area contributed by atoms with Crippen LogP contribution in [0.4, 0.5) is 4.39 Å². The fourth-order valence-electron chi connectivity index (χ4n) is 3.48. The third-order valence-corrected chi connectivity index (χ3v) is 5.13. The van der Waals surface area contributed by atoms with Crippen molar-refractivity contribution in [3.8, 4) is 0 Å². The third-order valence-electron chi connectivity index (χ3n) is 5.13. The number of carbonyl (C=O) groups excluding carboxylic acids is 2. The first kappa shape index (κ1) is 20.0. The average molecular weight is 387 g/mol. The lowest BCUT2D eigenvalue weighted by molar-refractivity contribution is -0.134. The van der Waals surface area contributed by atoms with Gasteiger partial charge in [-0.3, -0.25) is 14.3 Å². The molecular formula is C20H26FN5O2. The number of hydrogen-bond acceptors (Lipinski definition) is 4. The number of benzene rings is 1. The molecule has 8 heteroatoms. The maximum Gasteiger partial charge on any atom is 0.224 e. The van der Waals surface area contributed by atoms with E-state index < -0.39 is 0 Å². The molecule has 150 valence electrons. The first-order valence-corrected chi connectivity index (χ1v) is 9.58. The normalized spacial score (nSPS) is 17.9. The van der Waals surface area contributed by atoms with E-state index in [9.17, 15) is 14.0 Å². The second-order valence-corrected chi connectivity index (χ2v) is 7.46. The average Bonchev–Trinajstić information content (AvgIpc) is 3.13. The molecule has 1 aromatic heterocycles. The highest BCUT2D eigenvalue weighted by Gasteiger charge is 2.33. The highest BCUT2D eigenvalue weighted by molar-refractivity contribution is 5.80. The summed E-state index contributed by atoms with van der Waals surface area (Å²) in [7, 11) is 0. The van der Waals surface area contributed by atoms with E-state index in [0.29, 0.717) is 39.0 Å². The molecule has 1 saturated heterocycles. The van der Waals surface area contributed by atoms with Crippen LogP contribution in [0.2, 0.25) is 0 Å². The second kappa shape index (κ2) is 8.95. The lowest BCUT2D eigenvalue weighted by Gasteiger charge is -2.34. The van der Waals surface area contributed by atoms with Gasteiger partial charge in [-0.2, -0.15) is 5.10 Å². The zero-order valence-electron chi connectivity index (χ0n) is 16.3. The molecule has 0 bridgehead atoms. The Hall–Kier alpha value is -2.77. The van der Waals surface area contributed by atoms with Crippen molar-refractivity contribution >= 4 is 11.8 Å². The van der Waals surface area contributed by atoms with Crippen molar-refractivity contribution < 1.29 is 14.0 Å². The van der Waals surface area contributed by atoms with Gasteiger partial charge in [-0.15, -0.1) is 0 Å². The smallest absolute Gasteiger partial charge is 0.224 e. The van der Waals surface area contributed by atoms with Gasteiger partial charge in [0, 0.05) is 32.5 Å². The predicted molar refractivity (Wildman–Crippen MR) is 101 cm³/mol. The summed E-state index contributed by atoms with van der Waals surface area (Å²) in [4.78, 5) is 33.0. The van der Waals surface area contributed by atoms with Crippen LogP contribution in [-0.4, -0.2) is 55.5 Å². The molecule has 7 nitrogen and oxygen atoms in total. The van der Waals surface area contributed by atoms with Crippen LogP contribution in [0.25, 0.3) is 0 Å². The molecule has 0 spiro atoms. The van der Waals surface area contributed by atoms with Gasteiger partial charge in [0.2, 0.25) is 11.8 Å². The molecule has 0 radical (unpaired) electrons. The molecule has 2 amide bonds. The van der Waals surface area contributed by atoms with E-state index in [-0.39, 0.29) is 29.6 Å². The fraction of sp³-hybridized carbons (Fsp3) is 0.500. The van der Waals surface area contributed by atoms with Crippen LogP contribution in [0.3, 0.4) is 0 Å². The molecule has 2 aromatic rings. The van der Waals surface area contributed by atoms with Gasteiger partial charge in [-0.25, -0.2) is 9.37 Å². The zero-order chi connectivity index (χ0) is 20.1. The number of rotatable bonds is 6. The van der Waals surface area contributed by atoms with Gasteiger partial charge >= 0.3 is 0 Å². The van der Waals surface area contributed by atoms with Crippen molar-refractivity contribution in [1.82, 2.24) is 24.6 Å². The molecule has 0 aliphatic carbocycles. The van der Waals surface area contributed by atoms with E-state index in [4.69, 9.17) is 0 Å². The minimum absolute atomic E-state index is 0.0117. The molecule has 1 unspecified atom stereocenters. The molecule has 1 fully saturated rings. The van der Waals surface area contributed by atoms with Gasteiger partial charge in [-0.05, 0) is 23.6 Å². The van der Waals surface area contributed by atoms with E-state index in [2.05, 4.69) is 23.9 Å². The van der Waals surface area contributed by atoms with Gasteiger partial charge < -0.3 is 9.80 Å². The summed E-state index contributed by atoms with van der Waals surface area (Å²) in [6.07, 6.45) is 3.64. The Bertz CT molecular complexity index is 791. The molecule has 1 aliphatic heterocycles. The highest BCUT2D eigenvalue weighted by Crippen LogP contribution is 2.21. The monoisotopic (exact) mass is 387 g/mol. The van der Waals surface area contributed by atoms with Crippen LogP contribution in [0.1, 0.15) is 32.3 Å². The zero-order valence-corrected chi connectivity index (χ0v) is 16.3.